The minimum atomic E-state index is -1.15. The van der Waals surface area contributed by atoms with E-state index < -0.39 is 30.1 Å². The lowest BCUT2D eigenvalue weighted by molar-refractivity contribution is -0.141. The number of nitrogens with zero attached hydrogens (tertiary/aromatic N) is 1. The van der Waals surface area contributed by atoms with Crippen molar-refractivity contribution < 1.29 is 24.6 Å². The lowest BCUT2D eigenvalue weighted by atomic mass is 10.2. The summed E-state index contributed by atoms with van der Waals surface area (Å²) < 4.78 is 0. The van der Waals surface area contributed by atoms with E-state index in [1.807, 2.05) is 0 Å². The average molecular weight is 276 g/mol. The van der Waals surface area contributed by atoms with Crippen LogP contribution in [0.15, 0.2) is 0 Å². The van der Waals surface area contributed by atoms with Crippen molar-refractivity contribution in [2.75, 3.05) is 12.3 Å². The molecule has 1 fully saturated rings. The molecule has 1 aliphatic rings. The van der Waals surface area contributed by atoms with E-state index in [4.69, 9.17) is 10.2 Å². The van der Waals surface area contributed by atoms with E-state index in [9.17, 15) is 14.4 Å². The van der Waals surface area contributed by atoms with Crippen molar-refractivity contribution in [1.82, 2.24) is 10.2 Å². The molecular formula is C10H16N2O5S. The van der Waals surface area contributed by atoms with Gasteiger partial charge in [-0.05, 0) is 25.0 Å². The Kier molecular flexibility index (Phi) is 5.26. The summed E-state index contributed by atoms with van der Waals surface area (Å²) in [4.78, 5) is 34.8. The minimum Gasteiger partial charge on any atom is -0.480 e. The number of rotatable bonds is 5. The number of carbonyl (C=O) groups excluding carboxylic acids is 1. The van der Waals surface area contributed by atoms with E-state index in [0.29, 0.717) is 25.1 Å². The highest BCUT2D eigenvalue weighted by molar-refractivity contribution is 7.80. The molecule has 0 aliphatic carbocycles. The van der Waals surface area contributed by atoms with Gasteiger partial charge in [-0.3, -0.25) is 0 Å². The average Bonchev–Trinajstić information content (AvgIpc) is 2.77. The molecule has 0 radical (unpaired) electrons. The van der Waals surface area contributed by atoms with Gasteiger partial charge in [-0.25, -0.2) is 14.4 Å². The second-order valence-corrected chi connectivity index (χ2v) is 4.49. The largest absolute Gasteiger partial charge is 0.480 e. The maximum atomic E-state index is 11.8. The molecule has 0 spiro atoms. The first-order valence-corrected chi connectivity index (χ1v) is 6.24. The van der Waals surface area contributed by atoms with Crippen LogP contribution in [-0.2, 0) is 9.59 Å². The molecule has 0 aromatic rings. The molecule has 0 saturated carbocycles. The zero-order valence-corrected chi connectivity index (χ0v) is 10.6. The molecule has 2 atom stereocenters. The number of aliphatic carboxylic acids is 2. The summed E-state index contributed by atoms with van der Waals surface area (Å²) in [6.07, 6.45) is 1.19. The number of thiol groups is 1. The molecule has 1 aliphatic heterocycles. The maximum Gasteiger partial charge on any atom is 0.326 e. The van der Waals surface area contributed by atoms with Crippen molar-refractivity contribution in [3.8, 4) is 0 Å². The zero-order chi connectivity index (χ0) is 13.7. The topological polar surface area (TPSA) is 107 Å². The second-order valence-electron chi connectivity index (χ2n) is 4.04. The lowest BCUT2D eigenvalue weighted by Gasteiger charge is -2.24. The third-order valence-electron chi connectivity index (χ3n) is 2.81. The monoisotopic (exact) mass is 276 g/mol. The SMILES string of the molecule is O=C(O)C(CCS)NC(=O)N1CCCC1C(=O)O. The lowest BCUT2D eigenvalue weighted by Crippen LogP contribution is -2.51. The first-order valence-electron chi connectivity index (χ1n) is 5.61. The van der Waals surface area contributed by atoms with Crippen LogP contribution in [0.2, 0.25) is 0 Å². The van der Waals surface area contributed by atoms with Gasteiger partial charge >= 0.3 is 18.0 Å². The number of nitrogens with one attached hydrogen (secondary N) is 1. The highest BCUT2D eigenvalue weighted by atomic mass is 32.1. The highest BCUT2D eigenvalue weighted by Gasteiger charge is 2.35. The standard InChI is InChI=1S/C10H16N2O5S/c13-8(14)6(3-5-18)11-10(17)12-4-1-2-7(12)9(15)16/h6-7,18H,1-5H2,(H,11,17)(H,13,14)(H,15,16). The Bertz CT molecular complexity index is 349. The molecule has 1 rings (SSSR count). The summed E-state index contributed by atoms with van der Waals surface area (Å²) in [5, 5.41) is 20.1. The molecular weight excluding hydrogens is 260 g/mol. The third-order valence-corrected chi connectivity index (χ3v) is 3.07. The Morgan fingerprint density at radius 3 is 2.56 bits per heavy atom. The van der Waals surface area contributed by atoms with Crippen LogP contribution in [0, 0.1) is 0 Å². The van der Waals surface area contributed by atoms with Crippen LogP contribution in [0.1, 0.15) is 19.3 Å². The normalized spacial score (nSPS) is 20.5. The fourth-order valence-corrected chi connectivity index (χ4v) is 2.14. The predicted octanol–water partition coefficient (Wildman–Crippen LogP) is 0.0181. The van der Waals surface area contributed by atoms with Crippen LogP contribution in [-0.4, -0.2) is 57.5 Å². The van der Waals surface area contributed by atoms with Crippen LogP contribution in [0.3, 0.4) is 0 Å². The summed E-state index contributed by atoms with van der Waals surface area (Å²) in [5.74, 6) is -1.90. The number of urea groups is 1. The molecule has 7 nitrogen and oxygen atoms in total. The van der Waals surface area contributed by atoms with Gasteiger partial charge in [0, 0.05) is 6.54 Å². The number of amides is 2. The number of carboxylic acid groups (broad SMARTS) is 2. The van der Waals surface area contributed by atoms with Crippen molar-refractivity contribution in [3.05, 3.63) is 0 Å². The molecule has 0 aromatic carbocycles. The van der Waals surface area contributed by atoms with E-state index in [1.165, 1.54) is 0 Å². The summed E-state index contributed by atoms with van der Waals surface area (Å²) in [6.45, 7) is 0.329. The summed E-state index contributed by atoms with van der Waals surface area (Å²) in [5.41, 5.74) is 0. The quantitative estimate of drug-likeness (QED) is 0.529. The zero-order valence-electron chi connectivity index (χ0n) is 9.70. The molecule has 3 N–H and O–H groups in total. The highest BCUT2D eigenvalue weighted by Crippen LogP contribution is 2.17. The Morgan fingerprint density at radius 1 is 1.39 bits per heavy atom. The Labute approximate surface area is 110 Å². The van der Waals surface area contributed by atoms with Crippen LogP contribution in [0.4, 0.5) is 4.79 Å². The van der Waals surface area contributed by atoms with Gasteiger partial charge in [0.15, 0.2) is 0 Å². The van der Waals surface area contributed by atoms with Crippen molar-refractivity contribution in [1.29, 1.82) is 0 Å². The molecule has 0 aromatic heterocycles. The molecule has 0 bridgehead atoms. The van der Waals surface area contributed by atoms with Crippen LogP contribution in [0.5, 0.6) is 0 Å². The van der Waals surface area contributed by atoms with Crippen LogP contribution in [0.25, 0.3) is 0 Å². The number of hydrogen-bond acceptors (Lipinski definition) is 4. The Balaban J connectivity index is 2.63. The minimum absolute atomic E-state index is 0.190. The van der Waals surface area contributed by atoms with Gasteiger partial charge in [0.2, 0.25) is 0 Å². The molecule has 18 heavy (non-hydrogen) atoms. The molecule has 1 heterocycles. The van der Waals surface area contributed by atoms with Gasteiger partial charge in [0.05, 0.1) is 0 Å². The number of likely N-dealkylation sites (tertiary alicyclic amines) is 1. The number of hydrogen-bond donors (Lipinski definition) is 4. The fourth-order valence-electron chi connectivity index (χ4n) is 1.88. The van der Waals surface area contributed by atoms with Crippen LogP contribution < -0.4 is 5.32 Å². The van der Waals surface area contributed by atoms with E-state index in [2.05, 4.69) is 17.9 Å². The number of carboxylic acids is 2. The van der Waals surface area contributed by atoms with E-state index in [-0.39, 0.29) is 6.42 Å². The van der Waals surface area contributed by atoms with E-state index in [0.717, 1.165) is 4.90 Å². The molecule has 2 unspecified atom stereocenters. The van der Waals surface area contributed by atoms with E-state index >= 15 is 0 Å². The second kappa shape index (κ2) is 6.48. The van der Waals surface area contributed by atoms with Gasteiger partial charge in [0.25, 0.3) is 0 Å². The third kappa shape index (κ3) is 3.52. The molecule has 102 valence electrons. The first kappa shape index (κ1) is 14.6. The van der Waals surface area contributed by atoms with Gasteiger partial charge in [-0.15, -0.1) is 0 Å². The van der Waals surface area contributed by atoms with Gasteiger partial charge < -0.3 is 20.4 Å². The molecule has 1 saturated heterocycles. The summed E-state index contributed by atoms with van der Waals surface area (Å²) in [7, 11) is 0. The first-order chi connectivity index (χ1) is 8.47. The summed E-state index contributed by atoms with van der Waals surface area (Å²) >= 11 is 3.91. The summed E-state index contributed by atoms with van der Waals surface area (Å²) in [6, 6.07) is -2.55. The Morgan fingerprint density at radius 2 is 2.06 bits per heavy atom. The fraction of sp³-hybridized carbons (Fsp3) is 0.700. The maximum absolute atomic E-state index is 11.8. The molecule has 8 heteroatoms. The van der Waals surface area contributed by atoms with Gasteiger partial charge in [-0.1, -0.05) is 0 Å². The predicted molar refractivity (Wildman–Crippen MR) is 65.8 cm³/mol. The smallest absolute Gasteiger partial charge is 0.326 e. The molecule has 2 amide bonds. The van der Waals surface area contributed by atoms with Gasteiger partial charge in [0.1, 0.15) is 12.1 Å². The van der Waals surface area contributed by atoms with Crippen molar-refractivity contribution in [2.45, 2.75) is 31.3 Å². The van der Waals surface area contributed by atoms with Crippen molar-refractivity contribution in [2.24, 2.45) is 0 Å². The Hall–Kier alpha value is -1.44. The van der Waals surface area contributed by atoms with E-state index in [1.54, 1.807) is 0 Å². The van der Waals surface area contributed by atoms with Crippen molar-refractivity contribution in [3.63, 3.8) is 0 Å². The number of carbonyl (C=O) groups is 3. The van der Waals surface area contributed by atoms with Crippen molar-refractivity contribution >= 4 is 30.6 Å². The van der Waals surface area contributed by atoms with Crippen LogP contribution >= 0.6 is 12.6 Å². The van der Waals surface area contributed by atoms with Gasteiger partial charge in [-0.2, -0.15) is 12.6 Å².